The lowest BCUT2D eigenvalue weighted by atomic mass is 9.89. The van der Waals surface area contributed by atoms with E-state index in [2.05, 4.69) is 34.7 Å². The van der Waals surface area contributed by atoms with Crippen molar-refractivity contribution in [1.29, 1.82) is 0 Å². The third-order valence-corrected chi connectivity index (χ3v) is 10.9. The number of hydrogen-bond acceptors (Lipinski definition) is 9. The molecule has 0 aromatic rings. The van der Waals surface area contributed by atoms with Gasteiger partial charge in [-0.3, -0.25) is 29.0 Å². The molecule has 3 N–H and O–H groups in total. The fourth-order valence-electron chi connectivity index (χ4n) is 7.84. The molecule has 0 spiro atoms. The molecule has 0 saturated carbocycles. The van der Waals surface area contributed by atoms with E-state index < -0.39 is 30.2 Å². The minimum Gasteiger partial charge on any atom is -0.379 e. The molecular formula is C37H71N7O6. The van der Waals surface area contributed by atoms with Crippen LogP contribution >= 0.6 is 0 Å². The van der Waals surface area contributed by atoms with Gasteiger partial charge in [-0.1, -0.05) is 54.9 Å². The highest BCUT2D eigenvalue weighted by atomic mass is 16.5. The Morgan fingerprint density at radius 1 is 0.900 bits per heavy atom. The molecule has 4 amide bonds. The number of amides is 4. The summed E-state index contributed by atoms with van der Waals surface area (Å²) < 4.78 is 12.0. The third kappa shape index (κ3) is 11.9. The van der Waals surface area contributed by atoms with Crippen LogP contribution in [-0.4, -0.2) is 161 Å². The van der Waals surface area contributed by atoms with Crippen molar-refractivity contribution in [3.05, 3.63) is 0 Å². The Bertz CT molecular complexity index is 1060. The molecule has 2 aliphatic heterocycles. The number of ether oxygens (including phenoxy) is 2. The predicted molar refractivity (Wildman–Crippen MR) is 198 cm³/mol. The van der Waals surface area contributed by atoms with E-state index in [0.29, 0.717) is 13.1 Å². The largest absolute Gasteiger partial charge is 0.379 e. The lowest BCUT2D eigenvalue weighted by Crippen LogP contribution is -2.59. The van der Waals surface area contributed by atoms with Gasteiger partial charge in [0.05, 0.1) is 42.7 Å². The van der Waals surface area contributed by atoms with Crippen LogP contribution in [0.1, 0.15) is 74.1 Å². The first-order valence-corrected chi connectivity index (χ1v) is 18.9. The van der Waals surface area contributed by atoms with Crippen LogP contribution in [0.3, 0.4) is 0 Å². The number of hydrogen-bond donors (Lipinski definition) is 3. The van der Waals surface area contributed by atoms with Crippen LogP contribution in [-0.2, 0) is 28.7 Å². The van der Waals surface area contributed by atoms with E-state index in [1.165, 1.54) is 0 Å². The molecule has 0 bridgehead atoms. The SMILES string of the molecule is CC[C@H](C)[C@@H]([C@H](CC(=O)N1CCC[C@H]1[C@H](OC)[C@@H](C)C(=O)NCCN1CCNCC1)OC)N(C)C(=O)[C@@H](NC(=O)[C@H](C(C)C)N(C)C)C(C)C. The van der Waals surface area contributed by atoms with E-state index in [0.717, 1.165) is 52.0 Å². The molecule has 13 heteroatoms. The van der Waals surface area contributed by atoms with E-state index in [4.69, 9.17) is 9.47 Å². The molecule has 0 aromatic heterocycles. The highest BCUT2D eigenvalue weighted by Gasteiger charge is 2.43. The zero-order valence-corrected chi connectivity index (χ0v) is 33.3. The summed E-state index contributed by atoms with van der Waals surface area (Å²) in [4.78, 5) is 62.7. The van der Waals surface area contributed by atoms with Crippen molar-refractivity contribution >= 4 is 23.6 Å². The van der Waals surface area contributed by atoms with Crippen LogP contribution in [0, 0.1) is 23.7 Å². The van der Waals surface area contributed by atoms with Crippen LogP contribution in [0.2, 0.25) is 0 Å². The molecule has 13 nitrogen and oxygen atoms in total. The maximum absolute atomic E-state index is 14.2. The topological polar surface area (TPSA) is 136 Å². The highest BCUT2D eigenvalue weighted by molar-refractivity contribution is 5.90. The van der Waals surface area contributed by atoms with Crippen molar-refractivity contribution in [3.8, 4) is 0 Å². The summed E-state index contributed by atoms with van der Waals surface area (Å²) in [5.74, 6) is -1.06. The molecule has 2 aliphatic rings. The van der Waals surface area contributed by atoms with Gasteiger partial charge in [0, 0.05) is 67.1 Å². The van der Waals surface area contributed by atoms with Gasteiger partial charge in [0.1, 0.15) is 6.04 Å². The standard InChI is InChI=1S/C37H71N7O6/c1-13-26(6)33(42(10)37(48)31(24(2)3)40-36(47)32(25(4)5)41(8)9)29(49-11)23-30(45)44-19-14-15-28(44)34(50-12)27(7)35(46)39-18-22-43-20-16-38-17-21-43/h24-29,31-34,38H,13-23H2,1-12H3,(H,39,46)(H,40,47)/t26-,27+,28-,29-,31-,32-,33-,34+/m0/s1. The smallest absolute Gasteiger partial charge is 0.245 e. The lowest BCUT2D eigenvalue weighted by Gasteiger charge is -2.41. The third-order valence-electron chi connectivity index (χ3n) is 10.9. The summed E-state index contributed by atoms with van der Waals surface area (Å²) >= 11 is 0. The summed E-state index contributed by atoms with van der Waals surface area (Å²) in [6.45, 7) is 19.7. The van der Waals surface area contributed by atoms with E-state index >= 15 is 0 Å². The fourth-order valence-corrected chi connectivity index (χ4v) is 7.84. The van der Waals surface area contributed by atoms with Crippen LogP contribution in [0.4, 0.5) is 0 Å². The minimum atomic E-state index is -0.733. The summed E-state index contributed by atoms with van der Waals surface area (Å²) in [6.07, 6.45) is 1.38. The van der Waals surface area contributed by atoms with Crippen LogP contribution in [0.25, 0.3) is 0 Å². The van der Waals surface area contributed by atoms with Crippen LogP contribution in [0.5, 0.6) is 0 Å². The zero-order chi connectivity index (χ0) is 37.7. The Kier molecular flexibility index (Phi) is 18.6. The number of likely N-dealkylation sites (tertiary alicyclic amines) is 1. The van der Waals surface area contributed by atoms with Crippen molar-refractivity contribution in [3.63, 3.8) is 0 Å². The van der Waals surface area contributed by atoms with Gasteiger partial charge in [0.15, 0.2) is 0 Å². The van der Waals surface area contributed by atoms with Crippen LogP contribution in [0.15, 0.2) is 0 Å². The van der Waals surface area contributed by atoms with Gasteiger partial charge in [0.25, 0.3) is 0 Å². The van der Waals surface area contributed by atoms with Gasteiger partial charge in [-0.25, -0.2) is 0 Å². The van der Waals surface area contributed by atoms with Crippen molar-refractivity contribution in [2.45, 2.75) is 111 Å². The first-order valence-electron chi connectivity index (χ1n) is 18.9. The molecule has 8 atom stereocenters. The normalized spacial score (nSPS) is 21.4. The second kappa shape index (κ2) is 21.3. The van der Waals surface area contributed by atoms with Gasteiger partial charge < -0.3 is 35.2 Å². The van der Waals surface area contributed by atoms with Crippen molar-refractivity contribution in [2.24, 2.45) is 23.7 Å². The molecule has 2 heterocycles. The maximum Gasteiger partial charge on any atom is 0.245 e. The van der Waals surface area contributed by atoms with Crippen molar-refractivity contribution < 1.29 is 28.7 Å². The molecule has 0 radical (unpaired) electrons. The molecule has 290 valence electrons. The average molecular weight is 710 g/mol. The first kappa shape index (κ1) is 43.8. The number of nitrogens with one attached hydrogen (secondary N) is 3. The molecule has 50 heavy (non-hydrogen) atoms. The number of carbonyl (C=O) groups is 4. The lowest BCUT2D eigenvalue weighted by molar-refractivity contribution is -0.148. The van der Waals surface area contributed by atoms with E-state index in [9.17, 15) is 19.2 Å². The molecule has 2 rings (SSSR count). The maximum atomic E-state index is 14.2. The number of rotatable bonds is 20. The van der Waals surface area contributed by atoms with Crippen LogP contribution < -0.4 is 16.0 Å². The average Bonchev–Trinajstić information content (AvgIpc) is 3.56. The van der Waals surface area contributed by atoms with Crippen molar-refractivity contribution in [1.82, 2.24) is 35.6 Å². The molecule has 2 fully saturated rings. The van der Waals surface area contributed by atoms with Gasteiger partial charge in [0.2, 0.25) is 23.6 Å². The Hall–Kier alpha value is -2.32. The van der Waals surface area contributed by atoms with Gasteiger partial charge in [-0.2, -0.15) is 0 Å². The van der Waals surface area contributed by atoms with Gasteiger partial charge in [-0.05, 0) is 44.7 Å². The Morgan fingerprint density at radius 3 is 2.06 bits per heavy atom. The monoisotopic (exact) mass is 710 g/mol. The predicted octanol–water partition coefficient (Wildman–Crippen LogP) is 1.66. The Morgan fingerprint density at radius 2 is 1.54 bits per heavy atom. The highest BCUT2D eigenvalue weighted by Crippen LogP contribution is 2.29. The quantitative estimate of drug-likeness (QED) is 0.173. The van der Waals surface area contributed by atoms with E-state index in [1.54, 1.807) is 26.2 Å². The summed E-state index contributed by atoms with van der Waals surface area (Å²) in [5, 5.41) is 9.48. The number of methoxy groups -OCH3 is 2. The van der Waals surface area contributed by atoms with Crippen molar-refractivity contribution in [2.75, 3.05) is 81.2 Å². The van der Waals surface area contributed by atoms with Gasteiger partial charge in [-0.15, -0.1) is 0 Å². The zero-order valence-electron chi connectivity index (χ0n) is 33.3. The fraction of sp³-hybridized carbons (Fsp3) is 0.892. The molecule has 0 aromatic carbocycles. The Balaban J connectivity index is 2.19. The molecule has 0 aliphatic carbocycles. The number of carbonyl (C=O) groups excluding carboxylic acids is 4. The number of piperazine rings is 1. The minimum absolute atomic E-state index is 0.0152. The molecule has 0 unspecified atom stereocenters. The summed E-state index contributed by atoms with van der Waals surface area (Å²) in [7, 11) is 8.69. The second-order valence-electron chi connectivity index (χ2n) is 15.4. The second-order valence-corrected chi connectivity index (χ2v) is 15.4. The summed E-state index contributed by atoms with van der Waals surface area (Å²) in [6, 6.07) is -1.76. The first-order chi connectivity index (χ1) is 23.6. The van der Waals surface area contributed by atoms with Gasteiger partial charge >= 0.3 is 0 Å². The number of nitrogens with zero attached hydrogens (tertiary/aromatic N) is 4. The molecular weight excluding hydrogens is 638 g/mol. The number of likely N-dealkylation sites (N-methyl/N-ethyl adjacent to an activating group) is 2. The molecule has 2 saturated heterocycles. The van der Waals surface area contributed by atoms with E-state index in [-0.39, 0.29) is 59.9 Å². The Labute approximate surface area is 302 Å². The summed E-state index contributed by atoms with van der Waals surface area (Å²) in [5.41, 5.74) is 0. The van der Waals surface area contributed by atoms with E-state index in [1.807, 2.05) is 58.5 Å².